The Kier molecular flexibility index (Phi) is 4.54. The molecule has 0 aromatic carbocycles. The van der Waals surface area contributed by atoms with E-state index in [-0.39, 0.29) is 0 Å². The van der Waals surface area contributed by atoms with Gasteiger partial charge in [0.2, 0.25) is 5.88 Å². The Balaban J connectivity index is 1.53. The highest BCUT2D eigenvalue weighted by molar-refractivity contribution is 6.31. The molecule has 4 aromatic heterocycles. The van der Waals surface area contributed by atoms with E-state index in [2.05, 4.69) is 26.0 Å². The molecule has 0 atom stereocenters. The lowest BCUT2D eigenvalue weighted by atomic mass is 10.1. The second-order valence-corrected chi connectivity index (χ2v) is 6.31. The molecule has 1 N–H and O–H groups in total. The molecular formula is C20H16ClN4O. The molecule has 0 saturated carbocycles. The first-order valence-corrected chi connectivity index (χ1v) is 8.51. The van der Waals surface area contributed by atoms with Crippen molar-refractivity contribution in [2.75, 3.05) is 7.11 Å². The number of ether oxygens (including phenoxy) is 1. The fraction of sp³-hybridized carbons (Fsp3) is 0.100. The van der Waals surface area contributed by atoms with Crippen LogP contribution in [0.3, 0.4) is 0 Å². The molecule has 0 aliphatic rings. The third-order valence-corrected chi connectivity index (χ3v) is 4.33. The summed E-state index contributed by atoms with van der Waals surface area (Å²) in [4.78, 5) is 16.2. The molecule has 1 radical (unpaired) electrons. The van der Waals surface area contributed by atoms with E-state index in [0.29, 0.717) is 10.9 Å². The summed E-state index contributed by atoms with van der Waals surface area (Å²) in [6, 6.07) is 9.81. The highest BCUT2D eigenvalue weighted by Gasteiger charge is 2.09. The monoisotopic (exact) mass is 363 g/mol. The summed E-state index contributed by atoms with van der Waals surface area (Å²) in [6.07, 6.45) is 9.90. The standard InChI is InChI=1S/C20H16ClN4O/c1-26-20-14(3-2-6-22-20)8-17-5-4-13(10-23-17)7-15-11-24-19-18(15)9-16(21)12-25-19/h2-6,8-12H,7H2,1H3,(H,24,25). The molecule has 4 heterocycles. The molecule has 0 spiro atoms. The number of nitrogens with zero attached hydrogens (tertiary/aromatic N) is 3. The average Bonchev–Trinajstić information content (AvgIpc) is 3.06. The number of methoxy groups -OCH3 is 1. The summed E-state index contributed by atoms with van der Waals surface area (Å²) in [5.74, 6) is 0.585. The molecule has 0 bridgehead atoms. The molecule has 0 aliphatic carbocycles. The zero-order valence-corrected chi connectivity index (χ0v) is 14.9. The molecule has 5 nitrogen and oxygen atoms in total. The number of aromatic nitrogens is 4. The summed E-state index contributed by atoms with van der Waals surface area (Å²) in [6.45, 7) is 0. The molecule has 0 saturated heterocycles. The van der Waals surface area contributed by atoms with E-state index in [1.165, 1.54) is 0 Å². The van der Waals surface area contributed by atoms with E-state index in [9.17, 15) is 0 Å². The maximum absolute atomic E-state index is 6.06. The Morgan fingerprint density at radius 3 is 2.88 bits per heavy atom. The van der Waals surface area contributed by atoms with Gasteiger partial charge in [-0.1, -0.05) is 23.7 Å². The minimum atomic E-state index is 0.585. The smallest absolute Gasteiger partial charge is 0.216 e. The summed E-state index contributed by atoms with van der Waals surface area (Å²) in [5.41, 5.74) is 4.84. The molecule has 129 valence electrons. The molecule has 26 heavy (non-hydrogen) atoms. The Morgan fingerprint density at radius 2 is 2.08 bits per heavy atom. The number of hydrogen-bond acceptors (Lipinski definition) is 4. The number of halogens is 1. The van der Waals surface area contributed by atoms with Crippen LogP contribution in [-0.4, -0.2) is 27.0 Å². The number of fused-ring (bicyclic) bond motifs is 1. The number of nitrogens with one attached hydrogen (secondary N) is 1. The van der Waals surface area contributed by atoms with Crippen molar-refractivity contribution >= 4 is 22.6 Å². The second-order valence-electron chi connectivity index (χ2n) is 5.88. The van der Waals surface area contributed by atoms with E-state index in [0.717, 1.165) is 39.8 Å². The van der Waals surface area contributed by atoms with Crippen LogP contribution >= 0.6 is 11.6 Å². The van der Waals surface area contributed by atoms with Crippen LogP contribution in [0.5, 0.6) is 5.88 Å². The average molecular weight is 364 g/mol. The highest BCUT2D eigenvalue weighted by Crippen LogP contribution is 2.23. The summed E-state index contributed by atoms with van der Waals surface area (Å²) < 4.78 is 5.27. The van der Waals surface area contributed by atoms with Crippen molar-refractivity contribution in [1.82, 2.24) is 19.9 Å². The minimum Gasteiger partial charge on any atom is -0.481 e. The SMILES string of the molecule is COc1ncccc1[CH]c1ccc(Cc2c[nH]c3ncc(Cl)cc23)cn1. The third-order valence-electron chi connectivity index (χ3n) is 4.12. The first kappa shape index (κ1) is 16.5. The lowest BCUT2D eigenvalue weighted by molar-refractivity contribution is 0.395. The topological polar surface area (TPSA) is 63.7 Å². The van der Waals surface area contributed by atoms with Gasteiger partial charge in [-0.15, -0.1) is 0 Å². The van der Waals surface area contributed by atoms with E-state index >= 15 is 0 Å². The maximum Gasteiger partial charge on any atom is 0.216 e. The molecule has 6 heteroatoms. The van der Waals surface area contributed by atoms with Gasteiger partial charge in [0.15, 0.2) is 0 Å². The Hall–Kier alpha value is -2.92. The predicted molar refractivity (Wildman–Crippen MR) is 101 cm³/mol. The van der Waals surface area contributed by atoms with Crippen molar-refractivity contribution in [2.45, 2.75) is 6.42 Å². The third kappa shape index (κ3) is 3.39. The van der Waals surface area contributed by atoms with Crippen LogP contribution < -0.4 is 4.74 Å². The summed E-state index contributed by atoms with van der Waals surface area (Å²) >= 11 is 6.06. The van der Waals surface area contributed by atoms with Crippen molar-refractivity contribution in [3.63, 3.8) is 0 Å². The number of H-pyrrole nitrogens is 1. The van der Waals surface area contributed by atoms with Crippen LogP contribution in [0.2, 0.25) is 5.02 Å². The predicted octanol–water partition coefficient (Wildman–Crippen LogP) is 4.21. The van der Waals surface area contributed by atoms with Crippen LogP contribution in [0.15, 0.2) is 55.1 Å². The Bertz CT molecular complexity index is 1040. The zero-order valence-electron chi connectivity index (χ0n) is 14.1. The fourth-order valence-corrected chi connectivity index (χ4v) is 3.03. The van der Waals surface area contributed by atoms with Gasteiger partial charge in [0, 0.05) is 54.3 Å². The van der Waals surface area contributed by atoms with Crippen LogP contribution in [0.25, 0.3) is 11.0 Å². The van der Waals surface area contributed by atoms with Crippen LogP contribution in [0, 0.1) is 6.42 Å². The van der Waals surface area contributed by atoms with Crippen LogP contribution in [-0.2, 0) is 6.42 Å². The van der Waals surface area contributed by atoms with Crippen LogP contribution in [0.1, 0.15) is 22.4 Å². The lowest BCUT2D eigenvalue weighted by Gasteiger charge is -2.07. The van der Waals surface area contributed by atoms with Gasteiger partial charge in [-0.3, -0.25) is 4.98 Å². The molecule has 0 fully saturated rings. The van der Waals surface area contributed by atoms with Gasteiger partial charge in [-0.25, -0.2) is 9.97 Å². The number of rotatable bonds is 5. The molecule has 4 aromatic rings. The first-order valence-electron chi connectivity index (χ1n) is 8.13. The van der Waals surface area contributed by atoms with Gasteiger partial charge in [0.1, 0.15) is 5.65 Å². The Labute approximate surface area is 156 Å². The van der Waals surface area contributed by atoms with Gasteiger partial charge in [0.25, 0.3) is 0 Å². The van der Waals surface area contributed by atoms with Gasteiger partial charge in [-0.05, 0) is 29.3 Å². The highest BCUT2D eigenvalue weighted by atomic mass is 35.5. The first-order chi connectivity index (χ1) is 12.7. The number of pyridine rings is 3. The van der Waals surface area contributed by atoms with E-state index in [4.69, 9.17) is 16.3 Å². The van der Waals surface area contributed by atoms with Crippen LogP contribution in [0.4, 0.5) is 0 Å². The quantitative estimate of drug-likeness (QED) is 0.577. The molecule has 0 unspecified atom stereocenters. The van der Waals surface area contributed by atoms with E-state index < -0.39 is 0 Å². The molecule has 4 rings (SSSR count). The van der Waals surface area contributed by atoms with Crippen molar-refractivity contribution in [3.05, 3.63) is 88.9 Å². The van der Waals surface area contributed by atoms with Crippen molar-refractivity contribution < 1.29 is 4.74 Å². The minimum absolute atomic E-state index is 0.585. The van der Waals surface area contributed by atoms with E-state index in [1.54, 1.807) is 19.5 Å². The van der Waals surface area contributed by atoms with Crippen molar-refractivity contribution in [3.8, 4) is 5.88 Å². The van der Waals surface area contributed by atoms with Gasteiger partial charge < -0.3 is 9.72 Å². The maximum atomic E-state index is 6.06. The van der Waals surface area contributed by atoms with E-state index in [1.807, 2.05) is 43.1 Å². The van der Waals surface area contributed by atoms with Gasteiger partial charge >= 0.3 is 0 Å². The molecule has 0 aliphatic heterocycles. The van der Waals surface area contributed by atoms with Crippen molar-refractivity contribution in [1.29, 1.82) is 0 Å². The summed E-state index contributed by atoms with van der Waals surface area (Å²) in [7, 11) is 1.61. The normalized spacial score (nSPS) is 11.0. The van der Waals surface area contributed by atoms with Gasteiger partial charge in [-0.2, -0.15) is 0 Å². The van der Waals surface area contributed by atoms with Crippen molar-refractivity contribution in [2.24, 2.45) is 0 Å². The number of aromatic amines is 1. The summed E-state index contributed by atoms with van der Waals surface area (Å²) in [5, 5.41) is 1.67. The van der Waals surface area contributed by atoms with Gasteiger partial charge in [0.05, 0.1) is 12.1 Å². The number of hydrogen-bond donors (Lipinski definition) is 1. The second kappa shape index (κ2) is 7.14. The lowest BCUT2D eigenvalue weighted by Crippen LogP contribution is -1.97. The zero-order chi connectivity index (χ0) is 17.9. The Morgan fingerprint density at radius 1 is 1.15 bits per heavy atom. The largest absolute Gasteiger partial charge is 0.481 e. The molecular weight excluding hydrogens is 348 g/mol. The molecule has 0 amide bonds. The fourth-order valence-electron chi connectivity index (χ4n) is 2.87.